The Labute approximate surface area is 146 Å². The van der Waals surface area contributed by atoms with Crippen LogP contribution in [0, 0.1) is 6.92 Å². The predicted molar refractivity (Wildman–Crippen MR) is 92.9 cm³/mol. The number of fused-ring (bicyclic) bond motifs is 1. The van der Waals surface area contributed by atoms with Crippen LogP contribution in [-0.2, 0) is 5.75 Å². The quantitative estimate of drug-likeness (QED) is 0.434. The summed E-state index contributed by atoms with van der Waals surface area (Å²) in [6.45, 7) is 1.91. The summed E-state index contributed by atoms with van der Waals surface area (Å²) < 4.78 is 5.78. The van der Waals surface area contributed by atoms with Crippen LogP contribution in [0.15, 0.2) is 46.4 Å². The lowest BCUT2D eigenvalue weighted by atomic mass is 10.2. The first-order chi connectivity index (χ1) is 11.7. The van der Waals surface area contributed by atoms with Gasteiger partial charge >= 0.3 is 0 Å². The number of rotatable bonds is 4. The zero-order chi connectivity index (χ0) is 16.5. The Hall–Kier alpha value is -2.38. The summed E-state index contributed by atoms with van der Waals surface area (Å²) in [5.41, 5.74) is 3.23. The third-order valence-electron chi connectivity index (χ3n) is 3.50. The van der Waals surface area contributed by atoms with E-state index in [-0.39, 0.29) is 0 Å². The summed E-state index contributed by atoms with van der Waals surface area (Å²) >= 11 is 7.59. The van der Waals surface area contributed by atoms with Crippen molar-refractivity contribution in [3.63, 3.8) is 0 Å². The molecular formula is C16H12ClN5OS. The Balaban J connectivity index is 1.58. The van der Waals surface area contributed by atoms with E-state index in [0.29, 0.717) is 22.3 Å². The zero-order valence-corrected chi connectivity index (χ0v) is 14.2. The number of halogens is 1. The van der Waals surface area contributed by atoms with Crippen molar-refractivity contribution in [3.8, 4) is 11.5 Å². The predicted octanol–water partition coefficient (Wildman–Crippen LogP) is 4.26. The zero-order valence-electron chi connectivity index (χ0n) is 12.7. The van der Waals surface area contributed by atoms with Crippen molar-refractivity contribution in [2.75, 3.05) is 0 Å². The lowest BCUT2D eigenvalue weighted by Gasteiger charge is -1.99. The molecule has 120 valence electrons. The van der Waals surface area contributed by atoms with Crippen LogP contribution in [-0.4, -0.2) is 24.9 Å². The number of nitrogens with zero attached hydrogens (tertiary/aromatic N) is 4. The third-order valence-corrected chi connectivity index (χ3v) is 4.73. The molecule has 4 aromatic rings. The SMILES string of the molecule is Cc1oc(-c2cccc(Cl)c2)nc1CSc1ncnc2nc[nH]c12. The molecule has 0 atom stereocenters. The fourth-order valence-electron chi connectivity index (χ4n) is 2.30. The first-order valence-electron chi connectivity index (χ1n) is 7.20. The molecule has 0 aliphatic rings. The number of thioether (sulfide) groups is 1. The number of benzene rings is 1. The first-order valence-corrected chi connectivity index (χ1v) is 8.56. The molecule has 24 heavy (non-hydrogen) atoms. The summed E-state index contributed by atoms with van der Waals surface area (Å²) in [6, 6.07) is 7.46. The minimum Gasteiger partial charge on any atom is -0.441 e. The Bertz CT molecular complexity index is 1010. The summed E-state index contributed by atoms with van der Waals surface area (Å²) in [5.74, 6) is 1.99. The summed E-state index contributed by atoms with van der Waals surface area (Å²) in [7, 11) is 0. The lowest BCUT2D eigenvalue weighted by Crippen LogP contribution is -1.89. The van der Waals surface area contributed by atoms with Crippen LogP contribution in [0.5, 0.6) is 0 Å². The van der Waals surface area contributed by atoms with Gasteiger partial charge in [-0.1, -0.05) is 29.4 Å². The van der Waals surface area contributed by atoms with Crippen molar-refractivity contribution in [1.29, 1.82) is 0 Å². The standard InChI is InChI=1S/C16H12ClN5OS/c1-9-12(22-15(23-9)10-3-2-4-11(17)5-10)6-24-16-13-14(19-7-18-13)20-8-21-16/h2-5,7-8H,6H2,1H3,(H,18,19,20,21). The molecule has 4 rings (SSSR count). The molecule has 0 aliphatic heterocycles. The smallest absolute Gasteiger partial charge is 0.226 e. The molecule has 1 N–H and O–H groups in total. The van der Waals surface area contributed by atoms with Gasteiger partial charge < -0.3 is 9.40 Å². The first kappa shape index (κ1) is 15.2. The molecule has 0 fully saturated rings. The minimum atomic E-state index is 0.569. The van der Waals surface area contributed by atoms with E-state index in [1.165, 1.54) is 6.33 Å². The third kappa shape index (κ3) is 2.88. The number of aromatic amines is 1. The lowest BCUT2D eigenvalue weighted by molar-refractivity contribution is 0.540. The number of nitrogens with one attached hydrogen (secondary N) is 1. The van der Waals surface area contributed by atoms with Crippen LogP contribution in [0.3, 0.4) is 0 Å². The molecule has 0 spiro atoms. The highest BCUT2D eigenvalue weighted by molar-refractivity contribution is 7.98. The second kappa shape index (κ2) is 6.26. The van der Waals surface area contributed by atoms with Gasteiger partial charge in [-0.15, -0.1) is 0 Å². The van der Waals surface area contributed by atoms with Crippen molar-refractivity contribution in [2.24, 2.45) is 0 Å². The maximum Gasteiger partial charge on any atom is 0.226 e. The number of hydrogen-bond acceptors (Lipinski definition) is 6. The number of aromatic nitrogens is 5. The van der Waals surface area contributed by atoms with Gasteiger partial charge in [-0.05, 0) is 25.1 Å². The minimum absolute atomic E-state index is 0.569. The second-order valence-electron chi connectivity index (χ2n) is 5.10. The van der Waals surface area contributed by atoms with E-state index in [0.717, 1.165) is 27.6 Å². The monoisotopic (exact) mass is 357 g/mol. The molecule has 3 aromatic heterocycles. The Morgan fingerprint density at radius 2 is 2.17 bits per heavy atom. The number of H-pyrrole nitrogens is 1. The molecule has 6 nitrogen and oxygen atoms in total. The molecule has 8 heteroatoms. The van der Waals surface area contributed by atoms with E-state index in [1.807, 2.05) is 31.2 Å². The van der Waals surface area contributed by atoms with Crippen LogP contribution in [0.1, 0.15) is 11.5 Å². The van der Waals surface area contributed by atoms with Crippen LogP contribution in [0.25, 0.3) is 22.6 Å². The molecule has 0 unspecified atom stereocenters. The van der Waals surface area contributed by atoms with Crippen molar-refractivity contribution < 1.29 is 4.42 Å². The van der Waals surface area contributed by atoms with Crippen molar-refractivity contribution >= 4 is 34.5 Å². The van der Waals surface area contributed by atoms with Gasteiger partial charge in [0.2, 0.25) is 5.89 Å². The van der Waals surface area contributed by atoms with Crippen LogP contribution >= 0.6 is 23.4 Å². The number of hydrogen-bond donors (Lipinski definition) is 1. The van der Waals surface area contributed by atoms with Gasteiger partial charge in [0.15, 0.2) is 5.65 Å². The molecule has 1 aromatic carbocycles. The van der Waals surface area contributed by atoms with E-state index < -0.39 is 0 Å². The van der Waals surface area contributed by atoms with Crippen molar-refractivity contribution in [3.05, 3.63) is 53.4 Å². The van der Waals surface area contributed by atoms with Crippen LogP contribution in [0.4, 0.5) is 0 Å². The number of imidazole rings is 1. The van der Waals surface area contributed by atoms with E-state index >= 15 is 0 Å². The second-order valence-corrected chi connectivity index (χ2v) is 6.50. The van der Waals surface area contributed by atoms with Gasteiger partial charge in [0.05, 0.1) is 12.0 Å². The fourth-order valence-corrected chi connectivity index (χ4v) is 3.44. The number of aryl methyl sites for hydroxylation is 1. The van der Waals surface area contributed by atoms with Gasteiger partial charge in [-0.2, -0.15) is 0 Å². The largest absolute Gasteiger partial charge is 0.441 e. The molecule has 0 bridgehead atoms. The summed E-state index contributed by atoms with van der Waals surface area (Å²) in [5, 5.41) is 1.49. The molecule has 0 amide bonds. The highest BCUT2D eigenvalue weighted by Crippen LogP contribution is 2.29. The van der Waals surface area contributed by atoms with E-state index in [9.17, 15) is 0 Å². The maximum atomic E-state index is 6.03. The van der Waals surface area contributed by atoms with Crippen LogP contribution in [0.2, 0.25) is 5.02 Å². The van der Waals surface area contributed by atoms with E-state index in [4.69, 9.17) is 16.0 Å². The van der Waals surface area contributed by atoms with E-state index in [1.54, 1.807) is 18.1 Å². The summed E-state index contributed by atoms with van der Waals surface area (Å²) in [6.07, 6.45) is 3.13. The van der Waals surface area contributed by atoms with Gasteiger partial charge in [-0.25, -0.2) is 19.9 Å². The van der Waals surface area contributed by atoms with Crippen molar-refractivity contribution in [1.82, 2.24) is 24.9 Å². The topological polar surface area (TPSA) is 80.5 Å². The number of oxazole rings is 1. The van der Waals surface area contributed by atoms with Gasteiger partial charge in [0.1, 0.15) is 22.6 Å². The fraction of sp³-hybridized carbons (Fsp3) is 0.125. The highest BCUT2D eigenvalue weighted by Gasteiger charge is 2.14. The highest BCUT2D eigenvalue weighted by atomic mass is 35.5. The molecule has 0 saturated heterocycles. The van der Waals surface area contributed by atoms with Gasteiger partial charge in [0.25, 0.3) is 0 Å². The molecular weight excluding hydrogens is 346 g/mol. The Kier molecular flexibility index (Phi) is 3.95. The summed E-state index contributed by atoms with van der Waals surface area (Å²) in [4.78, 5) is 20.2. The normalized spacial score (nSPS) is 11.2. The average Bonchev–Trinajstić information content (AvgIpc) is 3.20. The molecule has 0 aliphatic carbocycles. The van der Waals surface area contributed by atoms with Gasteiger partial charge in [0, 0.05) is 16.3 Å². The van der Waals surface area contributed by atoms with Crippen molar-refractivity contribution in [2.45, 2.75) is 17.7 Å². The maximum absolute atomic E-state index is 6.03. The average molecular weight is 358 g/mol. The van der Waals surface area contributed by atoms with E-state index in [2.05, 4.69) is 24.9 Å². The molecule has 0 saturated carbocycles. The molecule has 0 radical (unpaired) electrons. The van der Waals surface area contributed by atoms with Gasteiger partial charge in [-0.3, -0.25) is 0 Å². The van der Waals surface area contributed by atoms with Crippen LogP contribution < -0.4 is 0 Å². The Morgan fingerprint density at radius 3 is 3.04 bits per heavy atom. The molecule has 3 heterocycles. The Morgan fingerprint density at radius 1 is 1.25 bits per heavy atom.